The van der Waals surface area contributed by atoms with Crippen molar-refractivity contribution in [2.75, 3.05) is 4.90 Å². The Bertz CT molecular complexity index is 3850. The third-order valence-electron chi connectivity index (χ3n) is 18.0. The number of hydrogen-bond acceptors (Lipinski definition) is 4. The van der Waals surface area contributed by atoms with Crippen molar-refractivity contribution in [2.45, 2.75) is 170 Å². The molecule has 404 valence electrons. The first kappa shape index (κ1) is 53.7. The van der Waals surface area contributed by atoms with Crippen LogP contribution in [0.5, 0.6) is 11.5 Å². The fourth-order valence-electron chi connectivity index (χ4n) is 13.3. The summed E-state index contributed by atoms with van der Waals surface area (Å²) in [6, 6.07) is 52.9. The predicted molar refractivity (Wildman–Crippen MR) is 335 cm³/mol. The number of amidine groups is 1. The maximum Gasteiger partial charge on any atom is 0.145 e. The van der Waals surface area contributed by atoms with Gasteiger partial charge in [-0.2, -0.15) is 0 Å². The van der Waals surface area contributed by atoms with Crippen LogP contribution in [0, 0.1) is 34.6 Å². The monoisotopic (exact) mass is 1040 g/mol. The van der Waals surface area contributed by atoms with E-state index in [9.17, 15) is 0 Å². The molecule has 0 radical (unpaired) electrons. The van der Waals surface area contributed by atoms with Crippen molar-refractivity contribution in [1.29, 1.82) is 0 Å². The van der Waals surface area contributed by atoms with E-state index in [4.69, 9.17) is 14.7 Å². The van der Waals surface area contributed by atoms with Crippen LogP contribution in [0.25, 0.3) is 38.8 Å². The van der Waals surface area contributed by atoms with Crippen LogP contribution in [0.15, 0.2) is 151 Å². The van der Waals surface area contributed by atoms with Crippen LogP contribution in [0.2, 0.25) is 0 Å². The zero-order valence-corrected chi connectivity index (χ0v) is 50.6. The second kappa shape index (κ2) is 18.4. The van der Waals surface area contributed by atoms with Crippen molar-refractivity contribution in [2.24, 2.45) is 4.99 Å². The fraction of sp³-hybridized carbons (Fsp3) is 0.351. The van der Waals surface area contributed by atoms with Crippen LogP contribution in [0.1, 0.15) is 175 Å². The molecule has 7 aromatic carbocycles. The number of nitrogens with zero attached hydrogens (tertiary/aromatic N) is 4. The van der Waals surface area contributed by atoms with Crippen LogP contribution < -0.4 is 9.64 Å². The number of rotatable bonds is 8. The van der Waals surface area contributed by atoms with Gasteiger partial charge in [-0.25, -0.2) is 4.98 Å². The molecule has 0 spiro atoms. The number of hydrogen-bond donors (Lipinski definition) is 0. The van der Waals surface area contributed by atoms with Crippen LogP contribution in [-0.4, -0.2) is 26.5 Å². The summed E-state index contributed by atoms with van der Waals surface area (Å²) in [5.74, 6) is 2.41. The molecule has 0 amide bonds. The summed E-state index contributed by atoms with van der Waals surface area (Å²) in [4.78, 5) is 13.9. The zero-order valence-electron chi connectivity index (χ0n) is 50.6. The van der Waals surface area contributed by atoms with Gasteiger partial charge in [0.1, 0.15) is 23.0 Å². The maximum absolute atomic E-state index is 7.52. The SMILES string of the molecule is Cc1cc(C)c(-c2cc(Oc3cc4c(cc3C)C(C)(C)c3cc(C(C)(C)C)cc5c6cc(C)cnc6n-4c35)cc(C3=NC(C)(C)[C@](C)(C(c4ccccc4)c4ccccc4)N3c3cc(C(C)(C)C)cc(C(C)(C)C)c3)c2)c(C)c1. The minimum absolute atomic E-state index is 0.0316. The average Bonchev–Trinajstić information content (AvgIpc) is 3.83. The second-order valence-electron chi connectivity index (χ2n) is 27.8. The first-order valence-electron chi connectivity index (χ1n) is 28.7. The Balaban J connectivity index is 1.17. The molecule has 0 unspecified atom stereocenters. The number of pyridine rings is 1. The molecular weight excluding hydrogens is 961 g/mol. The van der Waals surface area contributed by atoms with Gasteiger partial charge in [0.2, 0.25) is 0 Å². The molecular formula is C74H82N4O. The first-order valence-corrected chi connectivity index (χ1v) is 28.7. The number of aryl methyl sites for hydroxylation is 5. The minimum Gasteiger partial charge on any atom is -0.457 e. The Labute approximate surface area is 471 Å². The van der Waals surface area contributed by atoms with Gasteiger partial charge < -0.3 is 9.64 Å². The van der Waals surface area contributed by atoms with Crippen molar-refractivity contribution < 1.29 is 4.74 Å². The molecule has 79 heavy (non-hydrogen) atoms. The highest BCUT2D eigenvalue weighted by Crippen LogP contribution is 2.55. The van der Waals surface area contributed by atoms with Crippen molar-refractivity contribution in [3.8, 4) is 28.3 Å². The number of benzene rings is 7. The molecule has 9 aromatic rings. The standard InChI is InChI=1S/C74H82N4O/c1-44-30-47(4)64(48(5)31-44)51-34-52(36-57(35-51)79-63-42-62-60(33-46(63)3)72(15,16)61-41-55(71(12,13)14)40-58-59-32-45(2)43-75-68(59)77(62)66(58)61)67-76-73(17,18)74(19,65(49-26-22-20-23-27-49)50-28-24-21-25-29-50)78(67)56-38-53(69(6,7)8)37-54(39-56)70(9,10)11/h20-43,65H,1-19H3/t74-/m0/s1. The quantitative estimate of drug-likeness (QED) is 0.152. The maximum atomic E-state index is 7.52. The molecule has 2 aliphatic rings. The van der Waals surface area contributed by atoms with Gasteiger partial charge in [0.25, 0.3) is 0 Å². The molecule has 0 N–H and O–H groups in total. The molecule has 2 aliphatic heterocycles. The summed E-state index contributed by atoms with van der Waals surface area (Å²) < 4.78 is 9.93. The molecule has 4 heterocycles. The van der Waals surface area contributed by atoms with Gasteiger partial charge in [0, 0.05) is 45.6 Å². The lowest BCUT2D eigenvalue weighted by Gasteiger charge is -2.50. The molecule has 0 bridgehead atoms. The lowest BCUT2D eigenvalue weighted by molar-refractivity contribution is 0.279. The van der Waals surface area contributed by atoms with E-state index in [1.807, 2.05) is 6.20 Å². The topological polar surface area (TPSA) is 42.6 Å². The van der Waals surface area contributed by atoms with Gasteiger partial charge >= 0.3 is 0 Å². The lowest BCUT2D eigenvalue weighted by atomic mass is 9.66. The number of fused-ring (bicyclic) bond motifs is 5. The smallest absolute Gasteiger partial charge is 0.145 e. The number of anilines is 1. The summed E-state index contributed by atoms with van der Waals surface area (Å²) in [6.07, 6.45) is 2.01. The molecule has 2 aromatic heterocycles. The van der Waals surface area contributed by atoms with Crippen LogP contribution in [0.4, 0.5) is 5.69 Å². The van der Waals surface area contributed by atoms with E-state index < -0.39 is 11.1 Å². The molecule has 5 nitrogen and oxygen atoms in total. The third kappa shape index (κ3) is 8.91. The summed E-state index contributed by atoms with van der Waals surface area (Å²) in [5, 5.41) is 2.43. The van der Waals surface area contributed by atoms with E-state index in [2.05, 4.69) is 281 Å². The van der Waals surface area contributed by atoms with E-state index in [-0.39, 0.29) is 27.6 Å². The summed E-state index contributed by atoms with van der Waals surface area (Å²) in [6.45, 7) is 43.9. The third-order valence-corrected chi connectivity index (χ3v) is 18.0. The molecule has 0 saturated heterocycles. The molecule has 11 rings (SSSR count). The first-order chi connectivity index (χ1) is 37.0. The Kier molecular flexibility index (Phi) is 12.5. The van der Waals surface area contributed by atoms with Crippen molar-refractivity contribution >= 4 is 33.5 Å². The Morgan fingerprint density at radius 3 is 1.65 bits per heavy atom. The predicted octanol–water partition coefficient (Wildman–Crippen LogP) is 19.3. The Morgan fingerprint density at radius 2 is 1.08 bits per heavy atom. The summed E-state index contributed by atoms with van der Waals surface area (Å²) in [7, 11) is 0. The number of aliphatic imine (C=N–C) groups is 1. The van der Waals surface area contributed by atoms with Crippen LogP contribution >= 0.6 is 0 Å². The van der Waals surface area contributed by atoms with Crippen molar-refractivity contribution in [3.63, 3.8) is 0 Å². The normalized spacial score (nSPS) is 17.0. The van der Waals surface area contributed by atoms with Crippen molar-refractivity contribution in [1.82, 2.24) is 9.55 Å². The van der Waals surface area contributed by atoms with Crippen LogP contribution in [-0.2, 0) is 21.7 Å². The van der Waals surface area contributed by atoms with Gasteiger partial charge in [0.05, 0.1) is 22.3 Å². The van der Waals surface area contributed by atoms with Gasteiger partial charge in [0.15, 0.2) is 0 Å². The largest absolute Gasteiger partial charge is 0.457 e. The highest BCUT2D eigenvalue weighted by Gasteiger charge is 2.58. The van der Waals surface area contributed by atoms with Gasteiger partial charge in [-0.15, -0.1) is 0 Å². The van der Waals surface area contributed by atoms with Crippen LogP contribution in [0.3, 0.4) is 0 Å². The van der Waals surface area contributed by atoms with Gasteiger partial charge in [-0.1, -0.05) is 167 Å². The highest BCUT2D eigenvalue weighted by atomic mass is 16.5. The Hall–Kier alpha value is -7.24. The highest BCUT2D eigenvalue weighted by molar-refractivity contribution is 6.14. The van der Waals surface area contributed by atoms with E-state index in [0.29, 0.717) is 0 Å². The molecule has 0 fully saturated rings. The lowest BCUT2D eigenvalue weighted by Crippen LogP contribution is -2.60. The second-order valence-corrected chi connectivity index (χ2v) is 27.8. The van der Waals surface area contributed by atoms with E-state index in [0.717, 1.165) is 56.6 Å². The Morgan fingerprint density at radius 1 is 0.519 bits per heavy atom. The van der Waals surface area contributed by atoms with Gasteiger partial charge in [-0.05, 0) is 192 Å². The summed E-state index contributed by atoms with van der Waals surface area (Å²) >= 11 is 0. The van der Waals surface area contributed by atoms with E-state index >= 15 is 0 Å². The molecule has 5 heteroatoms. The fourth-order valence-corrected chi connectivity index (χ4v) is 13.3. The average molecular weight is 1040 g/mol. The zero-order chi connectivity index (χ0) is 56.7. The van der Waals surface area contributed by atoms with Crippen molar-refractivity contribution in [3.05, 3.63) is 218 Å². The molecule has 0 saturated carbocycles. The number of aromatic nitrogens is 2. The van der Waals surface area contributed by atoms with E-state index in [1.54, 1.807) is 0 Å². The molecule has 0 aliphatic carbocycles. The van der Waals surface area contributed by atoms with E-state index in [1.165, 1.54) is 77.5 Å². The molecule has 1 atom stereocenters. The summed E-state index contributed by atoms with van der Waals surface area (Å²) in [5.41, 5.74) is 20.8. The number of ether oxygens (including phenoxy) is 1. The minimum atomic E-state index is -0.632. The van der Waals surface area contributed by atoms with Gasteiger partial charge in [-0.3, -0.25) is 9.56 Å².